The normalized spacial score (nSPS) is 23.7. The monoisotopic (exact) mass is 480 g/mol. The van der Waals surface area contributed by atoms with Gasteiger partial charge in [-0.2, -0.15) is 4.39 Å². The van der Waals surface area contributed by atoms with Gasteiger partial charge in [0.2, 0.25) is 0 Å². The zero-order chi connectivity index (χ0) is 22.0. The maximum Gasteiger partial charge on any atom is 0.192 e. The summed E-state index contributed by atoms with van der Waals surface area (Å²) >= 11 is 3.57. The van der Waals surface area contributed by atoms with E-state index in [0.717, 1.165) is 41.9 Å². The Morgan fingerprint density at radius 3 is 2.94 bits per heavy atom. The molecule has 160 valence electrons. The highest BCUT2D eigenvalue weighted by molar-refractivity contribution is 9.11. The van der Waals surface area contributed by atoms with Crippen LogP contribution >= 0.6 is 15.9 Å². The molecule has 1 aromatic heterocycles. The van der Waals surface area contributed by atoms with Crippen molar-refractivity contribution in [1.82, 2.24) is 4.98 Å². The van der Waals surface area contributed by atoms with Gasteiger partial charge in [0.1, 0.15) is 4.61 Å². The lowest BCUT2D eigenvalue weighted by Crippen LogP contribution is -2.23. The quantitative estimate of drug-likeness (QED) is 0.535. The van der Waals surface area contributed by atoms with Crippen LogP contribution in [0.4, 0.5) is 4.39 Å². The van der Waals surface area contributed by atoms with Crippen molar-refractivity contribution in [1.29, 1.82) is 0 Å². The molecule has 0 aromatic carbocycles. The van der Waals surface area contributed by atoms with E-state index in [9.17, 15) is 4.39 Å². The van der Waals surface area contributed by atoms with Crippen molar-refractivity contribution in [2.75, 3.05) is 0 Å². The van der Waals surface area contributed by atoms with Crippen molar-refractivity contribution < 1.29 is 4.39 Å². The van der Waals surface area contributed by atoms with Crippen LogP contribution in [0.2, 0.25) is 0 Å². The number of rotatable bonds is 4. The minimum absolute atomic E-state index is 0.0335. The molecule has 0 amide bonds. The van der Waals surface area contributed by atoms with E-state index in [0.29, 0.717) is 4.61 Å². The lowest BCUT2D eigenvalue weighted by molar-refractivity contribution is 0.639. The lowest BCUT2D eigenvalue weighted by atomic mass is 9.77. The second-order valence-electron chi connectivity index (χ2n) is 8.14. The fourth-order valence-corrected chi connectivity index (χ4v) is 4.75. The minimum atomic E-state index is -0.396. The van der Waals surface area contributed by atoms with Gasteiger partial charge in [0.15, 0.2) is 5.97 Å². The molecule has 4 rings (SSSR count). The molecule has 2 atom stereocenters. The van der Waals surface area contributed by atoms with Crippen LogP contribution in [0.1, 0.15) is 37.4 Å². The van der Waals surface area contributed by atoms with Gasteiger partial charge in [-0.1, -0.05) is 48.4 Å². The van der Waals surface area contributed by atoms with Crippen molar-refractivity contribution in [2.24, 2.45) is 27.6 Å². The Morgan fingerprint density at radius 1 is 1.29 bits per heavy atom. The van der Waals surface area contributed by atoms with Crippen molar-refractivity contribution in [3.63, 3.8) is 0 Å². The van der Waals surface area contributed by atoms with Gasteiger partial charge in [-0.3, -0.25) is 4.98 Å². The Balaban J connectivity index is 1.64. The van der Waals surface area contributed by atoms with Gasteiger partial charge in [0.05, 0.1) is 5.71 Å². The van der Waals surface area contributed by atoms with Crippen LogP contribution in [0.3, 0.4) is 0 Å². The molecule has 0 fully saturated rings. The van der Waals surface area contributed by atoms with Gasteiger partial charge in [-0.05, 0) is 53.7 Å². The smallest absolute Gasteiger partial charge is 0.192 e. The molecule has 1 aliphatic carbocycles. The molecule has 3 heterocycles. The molecule has 2 N–H and O–H groups in total. The van der Waals surface area contributed by atoms with Crippen molar-refractivity contribution in [2.45, 2.75) is 39.5 Å². The third kappa shape index (κ3) is 4.69. The zero-order valence-corrected chi connectivity index (χ0v) is 19.4. The van der Waals surface area contributed by atoms with Crippen molar-refractivity contribution in [3.8, 4) is 0 Å². The molecule has 0 radical (unpaired) electrons. The number of pyridine rings is 1. The number of aryl methyl sites for hydroxylation is 2. The first-order valence-electron chi connectivity index (χ1n) is 10.6. The highest BCUT2D eigenvalue weighted by Gasteiger charge is 2.32. The summed E-state index contributed by atoms with van der Waals surface area (Å²) in [6.45, 7) is 4.24. The summed E-state index contributed by atoms with van der Waals surface area (Å²) in [5, 5.41) is 0. The predicted octanol–water partition coefficient (Wildman–Crippen LogP) is 6.02. The maximum atomic E-state index is 13.6. The number of allylic oxidation sites excluding steroid dienone is 7. The Morgan fingerprint density at radius 2 is 2.13 bits per heavy atom. The summed E-state index contributed by atoms with van der Waals surface area (Å²) in [4.78, 5) is 13.2. The maximum absolute atomic E-state index is 13.6. The van der Waals surface area contributed by atoms with E-state index in [1.807, 2.05) is 18.3 Å². The van der Waals surface area contributed by atoms with E-state index in [1.165, 1.54) is 16.7 Å². The molecule has 1 aromatic rings. The SMILES string of the molecule is Cc1cccnc1CCC1=CCC2C(=C1)C(C)C(C1=CN=C(F)CC=C1)=NC(Br)=C2N. The molecule has 2 unspecified atom stereocenters. The minimum Gasteiger partial charge on any atom is -0.399 e. The Hall–Kier alpha value is -2.60. The van der Waals surface area contributed by atoms with Gasteiger partial charge < -0.3 is 5.73 Å². The first kappa shape index (κ1) is 21.6. The second-order valence-corrected chi connectivity index (χ2v) is 8.89. The topological polar surface area (TPSA) is 63.6 Å². The molecule has 0 bridgehead atoms. The standard InChI is InChI=1S/C25H26BrFN4/c1-15-5-4-12-29-21(15)11-9-17-8-10-19-20(13-17)16(2)24(31-25(26)23(19)28)18-6-3-7-22(27)30-14-18/h3-6,8,12-14,16,19H,7,9-11,28H2,1-2H3. The number of hydrogen-bond donors (Lipinski definition) is 1. The summed E-state index contributed by atoms with van der Waals surface area (Å²) in [5.41, 5.74) is 13.8. The van der Waals surface area contributed by atoms with Crippen LogP contribution in [0, 0.1) is 18.8 Å². The average molecular weight is 481 g/mol. The number of hydrogen-bond acceptors (Lipinski definition) is 4. The molecule has 3 aliphatic rings. The molecular formula is C25H26BrFN4. The van der Waals surface area contributed by atoms with Crippen LogP contribution < -0.4 is 5.73 Å². The number of halogens is 2. The van der Waals surface area contributed by atoms with E-state index in [1.54, 1.807) is 12.3 Å². The van der Waals surface area contributed by atoms with Crippen LogP contribution in [0.15, 0.2) is 85.8 Å². The zero-order valence-electron chi connectivity index (χ0n) is 17.8. The number of nitrogens with two attached hydrogens (primary N) is 1. The molecule has 2 aliphatic heterocycles. The Bertz CT molecular complexity index is 1100. The molecule has 0 spiro atoms. The molecule has 6 heteroatoms. The van der Waals surface area contributed by atoms with Crippen LogP contribution in [-0.2, 0) is 6.42 Å². The molecule has 0 saturated heterocycles. The van der Waals surface area contributed by atoms with Crippen LogP contribution in [0.25, 0.3) is 0 Å². The van der Waals surface area contributed by atoms with E-state index >= 15 is 0 Å². The summed E-state index contributed by atoms with van der Waals surface area (Å²) in [5.74, 6) is -0.264. The molecule has 4 nitrogen and oxygen atoms in total. The first-order chi connectivity index (χ1) is 14.9. The Kier molecular flexibility index (Phi) is 6.46. The number of aromatic nitrogens is 1. The summed E-state index contributed by atoms with van der Waals surface area (Å²) in [7, 11) is 0. The average Bonchev–Trinajstić information content (AvgIpc) is 3.04. The highest BCUT2D eigenvalue weighted by atomic mass is 79.9. The number of aliphatic imine (C=N–C) groups is 2. The molecule has 0 saturated carbocycles. The molecule has 31 heavy (non-hydrogen) atoms. The van der Waals surface area contributed by atoms with E-state index in [-0.39, 0.29) is 18.3 Å². The number of nitrogens with zero attached hydrogens (tertiary/aromatic N) is 3. The first-order valence-corrected chi connectivity index (χ1v) is 11.4. The predicted molar refractivity (Wildman–Crippen MR) is 129 cm³/mol. The van der Waals surface area contributed by atoms with Gasteiger partial charge in [0.25, 0.3) is 0 Å². The van der Waals surface area contributed by atoms with Gasteiger partial charge in [0, 0.05) is 47.6 Å². The highest BCUT2D eigenvalue weighted by Crippen LogP contribution is 2.40. The van der Waals surface area contributed by atoms with Gasteiger partial charge in [-0.15, -0.1) is 0 Å². The van der Waals surface area contributed by atoms with E-state index in [2.05, 4.69) is 58.0 Å². The van der Waals surface area contributed by atoms with E-state index in [4.69, 9.17) is 10.7 Å². The van der Waals surface area contributed by atoms with Crippen molar-refractivity contribution in [3.05, 3.63) is 87.1 Å². The summed E-state index contributed by atoms with van der Waals surface area (Å²) < 4.78 is 14.3. The summed E-state index contributed by atoms with van der Waals surface area (Å²) in [6, 6.07) is 4.07. The van der Waals surface area contributed by atoms with Gasteiger partial charge in [-0.25, -0.2) is 9.98 Å². The van der Waals surface area contributed by atoms with Crippen LogP contribution in [0.5, 0.6) is 0 Å². The van der Waals surface area contributed by atoms with Crippen LogP contribution in [-0.4, -0.2) is 16.7 Å². The largest absolute Gasteiger partial charge is 0.399 e. The van der Waals surface area contributed by atoms with Gasteiger partial charge >= 0.3 is 0 Å². The molecular weight excluding hydrogens is 455 g/mol. The summed E-state index contributed by atoms with van der Waals surface area (Å²) in [6.07, 6.45) is 14.5. The third-order valence-electron chi connectivity index (χ3n) is 6.10. The second kappa shape index (κ2) is 9.27. The fourth-order valence-electron chi connectivity index (χ4n) is 4.28. The Labute approximate surface area is 191 Å². The third-order valence-corrected chi connectivity index (χ3v) is 6.74. The fraction of sp³-hybridized carbons (Fsp3) is 0.320. The van der Waals surface area contributed by atoms with E-state index < -0.39 is 5.97 Å². The van der Waals surface area contributed by atoms with Crippen molar-refractivity contribution >= 4 is 27.6 Å². The number of fused-ring (bicyclic) bond motifs is 1. The lowest BCUT2D eigenvalue weighted by Gasteiger charge is -2.28.